The number of hydrogen-bond donors (Lipinski definition) is 0. The van der Waals surface area contributed by atoms with Gasteiger partial charge in [-0.2, -0.15) is 39.5 Å². The lowest BCUT2D eigenvalue weighted by atomic mass is 9.98. The lowest BCUT2D eigenvalue weighted by Gasteiger charge is -2.32. The van der Waals surface area contributed by atoms with Crippen molar-refractivity contribution < 1.29 is 39.5 Å². The summed E-state index contributed by atoms with van der Waals surface area (Å²) in [5.41, 5.74) is -0.879. The molecule has 0 atom stereocenters. The number of rotatable bonds is 7. The van der Waals surface area contributed by atoms with Crippen LogP contribution in [0, 0.1) is 11.8 Å². The molecule has 0 nitrogen and oxygen atoms in total. The monoisotopic (exact) mass is 416 g/mol. The van der Waals surface area contributed by atoms with Crippen molar-refractivity contribution in [1.29, 1.82) is 0 Å². The molecule has 28 heavy (non-hydrogen) atoms. The van der Waals surface area contributed by atoms with Gasteiger partial charge in [0, 0.05) is 18.1 Å². The number of benzene rings is 1. The summed E-state index contributed by atoms with van der Waals surface area (Å²) in [6, 6.07) is 6.57. The van der Waals surface area contributed by atoms with E-state index in [4.69, 9.17) is 0 Å². The van der Waals surface area contributed by atoms with Crippen LogP contribution in [-0.2, 0) is 0 Å². The van der Waals surface area contributed by atoms with Gasteiger partial charge in [0.15, 0.2) is 0 Å². The Labute approximate surface area is 156 Å². The topological polar surface area (TPSA) is 0 Å². The Morgan fingerprint density at radius 1 is 0.857 bits per heavy atom. The molecule has 0 spiro atoms. The smallest absolute Gasteiger partial charge is 0.195 e. The van der Waals surface area contributed by atoms with Gasteiger partial charge in [0.25, 0.3) is 0 Å². The number of allylic oxidation sites excluding steroid dienone is 2. The van der Waals surface area contributed by atoms with Crippen molar-refractivity contribution in [2.75, 3.05) is 0 Å². The van der Waals surface area contributed by atoms with Crippen LogP contribution in [0.2, 0.25) is 0 Å². The molecule has 0 N–H and O–H groups in total. The Hall–Kier alpha value is -2.11. The van der Waals surface area contributed by atoms with Crippen LogP contribution in [-0.4, -0.2) is 23.9 Å². The first-order valence-electron chi connectivity index (χ1n) is 8.25. The summed E-state index contributed by atoms with van der Waals surface area (Å²) in [5.74, 6) is -14.8. The predicted octanol–water partition coefficient (Wildman–Crippen LogP) is 7.12. The molecule has 0 amide bonds. The first-order valence-corrected chi connectivity index (χ1v) is 8.25. The Balaban J connectivity index is 3.38. The van der Waals surface area contributed by atoms with Gasteiger partial charge in [-0.1, -0.05) is 61.9 Å². The summed E-state index contributed by atoms with van der Waals surface area (Å²) in [5, 5.41) is 0. The summed E-state index contributed by atoms with van der Waals surface area (Å²) in [6.45, 7) is 1.90. The lowest BCUT2D eigenvalue weighted by molar-refractivity contribution is -0.388. The maximum Gasteiger partial charge on any atom is 0.460 e. The van der Waals surface area contributed by atoms with Crippen LogP contribution in [0.3, 0.4) is 0 Å². The predicted molar refractivity (Wildman–Crippen MR) is 87.2 cm³/mol. The van der Waals surface area contributed by atoms with E-state index in [1.54, 1.807) is 0 Å². The van der Waals surface area contributed by atoms with Crippen molar-refractivity contribution in [3.8, 4) is 11.8 Å². The Morgan fingerprint density at radius 2 is 1.43 bits per heavy atom. The molecule has 0 bridgehead atoms. The maximum atomic E-state index is 13.9. The highest BCUT2D eigenvalue weighted by Gasteiger charge is 2.81. The van der Waals surface area contributed by atoms with Gasteiger partial charge < -0.3 is 0 Å². The molecule has 0 saturated heterocycles. The number of halogens is 9. The zero-order valence-electron chi connectivity index (χ0n) is 14.7. The SMILES string of the molecule is CCCCCC#C/C(=C/C(F)(F)C(F)(F)C(F)(F)C(F)(F)F)c1ccccc1. The highest BCUT2D eigenvalue weighted by atomic mass is 19.4. The molecular formula is C19H17F9. The van der Waals surface area contributed by atoms with Gasteiger partial charge in [-0.05, 0) is 12.0 Å². The average molecular weight is 416 g/mol. The minimum absolute atomic E-state index is 0.115. The van der Waals surface area contributed by atoms with Crippen LogP contribution < -0.4 is 0 Å². The van der Waals surface area contributed by atoms with E-state index in [0.717, 1.165) is 12.8 Å². The fourth-order valence-electron chi connectivity index (χ4n) is 2.09. The maximum absolute atomic E-state index is 13.9. The quantitative estimate of drug-likeness (QED) is 0.252. The van der Waals surface area contributed by atoms with Gasteiger partial charge in [0.05, 0.1) is 0 Å². The van der Waals surface area contributed by atoms with Gasteiger partial charge in [0.1, 0.15) is 0 Å². The second-order valence-electron chi connectivity index (χ2n) is 5.95. The largest absolute Gasteiger partial charge is 0.460 e. The zero-order chi connectivity index (χ0) is 21.6. The molecule has 156 valence electrons. The van der Waals surface area contributed by atoms with Gasteiger partial charge in [-0.25, -0.2) is 0 Å². The molecule has 0 aromatic heterocycles. The summed E-state index contributed by atoms with van der Waals surface area (Å²) in [7, 11) is 0. The molecule has 9 heteroatoms. The molecule has 1 aromatic rings. The van der Waals surface area contributed by atoms with E-state index in [2.05, 4.69) is 11.8 Å². The van der Waals surface area contributed by atoms with E-state index in [9.17, 15) is 39.5 Å². The van der Waals surface area contributed by atoms with E-state index >= 15 is 0 Å². The third-order valence-electron chi connectivity index (χ3n) is 3.71. The molecular weight excluding hydrogens is 399 g/mol. The van der Waals surface area contributed by atoms with E-state index in [1.807, 2.05) is 6.92 Å². The summed E-state index contributed by atoms with van der Waals surface area (Å²) < 4.78 is 118. The van der Waals surface area contributed by atoms with Gasteiger partial charge in [-0.3, -0.25) is 0 Å². The van der Waals surface area contributed by atoms with E-state index in [1.165, 1.54) is 30.3 Å². The zero-order valence-corrected chi connectivity index (χ0v) is 14.7. The first-order chi connectivity index (χ1) is 12.8. The molecule has 0 radical (unpaired) electrons. The Kier molecular flexibility index (Phi) is 7.63. The van der Waals surface area contributed by atoms with Crippen LogP contribution in [0.4, 0.5) is 39.5 Å². The molecule has 1 rings (SSSR count). The molecule has 1 aromatic carbocycles. The molecule has 0 saturated carbocycles. The molecule has 0 fully saturated rings. The standard InChI is InChI=1S/C19H17F9/c1-2-3-4-5-7-12-15(14-10-8-6-9-11-14)13-16(20,21)17(22,23)18(24,25)19(26,27)28/h6,8-11,13H,2-5H2,1H3/b15-13-. The second kappa shape index (κ2) is 8.93. The van der Waals surface area contributed by atoms with Crippen molar-refractivity contribution >= 4 is 5.57 Å². The van der Waals surface area contributed by atoms with Crippen LogP contribution in [0.1, 0.15) is 38.2 Å². The average Bonchev–Trinajstić information content (AvgIpc) is 2.60. The molecule has 0 aliphatic rings. The Bertz CT molecular complexity index is 719. The highest BCUT2D eigenvalue weighted by molar-refractivity contribution is 5.79. The fourth-order valence-corrected chi connectivity index (χ4v) is 2.09. The van der Waals surface area contributed by atoms with E-state index < -0.39 is 35.6 Å². The second-order valence-corrected chi connectivity index (χ2v) is 5.95. The summed E-state index contributed by atoms with van der Waals surface area (Å²) >= 11 is 0. The molecule has 0 aliphatic carbocycles. The van der Waals surface area contributed by atoms with Crippen molar-refractivity contribution in [1.82, 2.24) is 0 Å². The Morgan fingerprint density at radius 3 is 1.93 bits per heavy atom. The summed E-state index contributed by atoms with van der Waals surface area (Å²) in [6.07, 6.45) is -5.07. The van der Waals surface area contributed by atoms with Crippen molar-refractivity contribution in [2.24, 2.45) is 0 Å². The highest BCUT2D eigenvalue weighted by Crippen LogP contribution is 2.53. The van der Waals surface area contributed by atoms with Crippen LogP contribution >= 0.6 is 0 Å². The lowest BCUT2D eigenvalue weighted by Crippen LogP contribution is -2.60. The van der Waals surface area contributed by atoms with Crippen molar-refractivity contribution in [2.45, 2.75) is 56.6 Å². The third-order valence-corrected chi connectivity index (χ3v) is 3.71. The number of unbranched alkanes of at least 4 members (excludes halogenated alkanes) is 3. The minimum Gasteiger partial charge on any atom is -0.195 e. The van der Waals surface area contributed by atoms with Crippen molar-refractivity contribution in [3.05, 3.63) is 42.0 Å². The summed E-state index contributed by atoms with van der Waals surface area (Å²) in [4.78, 5) is 0. The van der Waals surface area contributed by atoms with Crippen LogP contribution in [0.5, 0.6) is 0 Å². The fraction of sp³-hybridized carbons (Fsp3) is 0.474. The van der Waals surface area contributed by atoms with Gasteiger partial charge in [-0.15, -0.1) is 0 Å². The number of hydrogen-bond acceptors (Lipinski definition) is 0. The number of alkyl halides is 9. The van der Waals surface area contributed by atoms with Crippen LogP contribution in [0.15, 0.2) is 36.4 Å². The normalized spacial score (nSPS) is 13.9. The molecule has 0 aliphatic heterocycles. The molecule has 0 heterocycles. The van der Waals surface area contributed by atoms with Crippen molar-refractivity contribution in [3.63, 3.8) is 0 Å². The first kappa shape index (κ1) is 23.9. The van der Waals surface area contributed by atoms with Gasteiger partial charge in [0.2, 0.25) is 0 Å². The van der Waals surface area contributed by atoms with Crippen LogP contribution in [0.25, 0.3) is 5.57 Å². The molecule has 0 unspecified atom stereocenters. The minimum atomic E-state index is -6.93. The van der Waals surface area contributed by atoms with E-state index in [-0.39, 0.29) is 12.0 Å². The third kappa shape index (κ3) is 5.24. The van der Waals surface area contributed by atoms with Gasteiger partial charge >= 0.3 is 23.9 Å². The van der Waals surface area contributed by atoms with E-state index in [0.29, 0.717) is 6.42 Å².